The van der Waals surface area contributed by atoms with Gasteiger partial charge in [-0.05, 0) is 6.54 Å². The quantitative estimate of drug-likeness (QED) is 0.551. The Balaban J connectivity index is 3.12. The SMILES string of the molecule is NCCc1o[nH]c(=O)c1C(=O)O. The van der Waals surface area contributed by atoms with Gasteiger partial charge in [0.05, 0.1) is 0 Å². The van der Waals surface area contributed by atoms with Crippen molar-refractivity contribution in [2.75, 3.05) is 6.54 Å². The Labute approximate surface area is 66.9 Å². The van der Waals surface area contributed by atoms with Gasteiger partial charge in [0.2, 0.25) is 0 Å². The van der Waals surface area contributed by atoms with Crippen LogP contribution in [0.15, 0.2) is 9.32 Å². The van der Waals surface area contributed by atoms with Crippen LogP contribution < -0.4 is 11.3 Å². The Kier molecular flexibility index (Phi) is 2.29. The molecular weight excluding hydrogens is 164 g/mol. The molecule has 0 saturated heterocycles. The average molecular weight is 172 g/mol. The first kappa shape index (κ1) is 8.54. The van der Waals surface area contributed by atoms with Crippen molar-refractivity contribution >= 4 is 5.97 Å². The van der Waals surface area contributed by atoms with Crippen LogP contribution in [0, 0.1) is 0 Å². The van der Waals surface area contributed by atoms with Gasteiger partial charge in [-0.25, -0.2) is 4.79 Å². The number of H-pyrrole nitrogens is 1. The number of carboxylic acid groups (broad SMARTS) is 1. The van der Waals surface area contributed by atoms with Gasteiger partial charge in [-0.3, -0.25) is 4.79 Å². The second-order valence-corrected chi connectivity index (χ2v) is 2.18. The molecule has 0 aliphatic rings. The van der Waals surface area contributed by atoms with Crippen LogP contribution in [0.4, 0.5) is 0 Å². The van der Waals surface area contributed by atoms with E-state index in [1.165, 1.54) is 0 Å². The van der Waals surface area contributed by atoms with E-state index in [9.17, 15) is 9.59 Å². The fraction of sp³-hybridized carbons (Fsp3) is 0.333. The minimum Gasteiger partial charge on any atom is -0.477 e. The molecule has 1 aromatic rings. The summed E-state index contributed by atoms with van der Waals surface area (Å²) in [5, 5.41) is 10.5. The molecule has 66 valence electrons. The number of rotatable bonds is 3. The Hall–Kier alpha value is -1.56. The molecule has 0 unspecified atom stereocenters. The zero-order valence-corrected chi connectivity index (χ0v) is 6.16. The topological polar surface area (TPSA) is 109 Å². The second kappa shape index (κ2) is 3.22. The Morgan fingerprint density at radius 3 is 2.83 bits per heavy atom. The number of nitrogens with two attached hydrogens (primary N) is 1. The monoisotopic (exact) mass is 172 g/mol. The lowest BCUT2D eigenvalue weighted by Crippen LogP contribution is -2.14. The van der Waals surface area contributed by atoms with Crippen LogP contribution in [0.5, 0.6) is 0 Å². The molecule has 0 saturated carbocycles. The summed E-state index contributed by atoms with van der Waals surface area (Å²) in [6.07, 6.45) is 0.236. The van der Waals surface area contributed by atoms with Crippen molar-refractivity contribution in [2.24, 2.45) is 5.73 Å². The van der Waals surface area contributed by atoms with Gasteiger partial charge in [-0.2, -0.15) is 5.16 Å². The van der Waals surface area contributed by atoms with Crippen LogP contribution in [0.25, 0.3) is 0 Å². The number of hydrogen-bond donors (Lipinski definition) is 3. The number of aromatic amines is 1. The molecule has 4 N–H and O–H groups in total. The summed E-state index contributed by atoms with van der Waals surface area (Å²) in [4.78, 5) is 21.2. The van der Waals surface area contributed by atoms with E-state index in [2.05, 4.69) is 4.52 Å². The maximum Gasteiger partial charge on any atom is 0.345 e. The molecule has 0 aromatic carbocycles. The van der Waals surface area contributed by atoms with Gasteiger partial charge in [-0.15, -0.1) is 0 Å². The third-order valence-electron chi connectivity index (χ3n) is 1.36. The number of carboxylic acids is 1. The van der Waals surface area contributed by atoms with Crippen molar-refractivity contribution in [1.82, 2.24) is 5.16 Å². The molecule has 1 rings (SSSR count). The van der Waals surface area contributed by atoms with E-state index in [0.29, 0.717) is 0 Å². The minimum absolute atomic E-state index is 0.0926. The van der Waals surface area contributed by atoms with Gasteiger partial charge < -0.3 is 15.4 Å². The largest absolute Gasteiger partial charge is 0.477 e. The number of hydrogen-bond acceptors (Lipinski definition) is 4. The molecule has 0 radical (unpaired) electrons. The summed E-state index contributed by atoms with van der Waals surface area (Å²) >= 11 is 0. The Morgan fingerprint density at radius 2 is 2.33 bits per heavy atom. The van der Waals surface area contributed by atoms with Gasteiger partial charge in [-0.1, -0.05) is 0 Å². The van der Waals surface area contributed by atoms with Crippen molar-refractivity contribution in [3.8, 4) is 0 Å². The van der Waals surface area contributed by atoms with Gasteiger partial charge in [0.15, 0.2) is 11.3 Å². The van der Waals surface area contributed by atoms with E-state index in [1.807, 2.05) is 5.16 Å². The highest BCUT2D eigenvalue weighted by Gasteiger charge is 2.18. The third kappa shape index (κ3) is 1.37. The summed E-state index contributed by atoms with van der Waals surface area (Å²) in [6, 6.07) is 0. The number of nitrogens with one attached hydrogen (secondary N) is 1. The van der Waals surface area contributed by atoms with Gasteiger partial charge in [0.1, 0.15) is 0 Å². The lowest BCUT2D eigenvalue weighted by Gasteiger charge is -1.90. The van der Waals surface area contributed by atoms with E-state index in [0.717, 1.165) is 0 Å². The summed E-state index contributed by atoms with van der Waals surface area (Å²) in [5.41, 5.74) is 4.08. The zero-order valence-electron chi connectivity index (χ0n) is 6.16. The van der Waals surface area contributed by atoms with Crippen molar-refractivity contribution < 1.29 is 14.4 Å². The van der Waals surface area contributed by atoms with E-state index in [4.69, 9.17) is 10.8 Å². The maximum atomic E-state index is 10.8. The molecular formula is C6H8N2O4. The molecule has 1 heterocycles. The fourth-order valence-corrected chi connectivity index (χ4v) is 0.860. The summed E-state index contributed by atoms with van der Waals surface area (Å²) in [5.74, 6) is -1.21. The van der Waals surface area contributed by atoms with Crippen LogP contribution >= 0.6 is 0 Å². The predicted octanol–water partition coefficient (Wildman–Crippen LogP) is -0.833. The van der Waals surface area contributed by atoms with E-state index < -0.39 is 11.5 Å². The van der Waals surface area contributed by atoms with Crippen molar-refractivity contribution in [2.45, 2.75) is 6.42 Å². The molecule has 0 aliphatic carbocycles. The molecule has 0 aliphatic heterocycles. The Bertz CT molecular complexity index is 338. The van der Waals surface area contributed by atoms with E-state index >= 15 is 0 Å². The highest BCUT2D eigenvalue weighted by Crippen LogP contribution is 2.02. The van der Waals surface area contributed by atoms with Crippen molar-refractivity contribution in [3.05, 3.63) is 21.7 Å². The summed E-state index contributed by atoms with van der Waals surface area (Å²) < 4.78 is 4.60. The first-order valence-corrected chi connectivity index (χ1v) is 3.30. The molecule has 12 heavy (non-hydrogen) atoms. The standard InChI is InChI=1S/C6H8N2O4/c7-2-1-3-4(6(10)11)5(9)8-12-3/h1-2,7H2,(H,8,9)(H,10,11). The first-order valence-electron chi connectivity index (χ1n) is 3.30. The summed E-state index contributed by atoms with van der Waals surface area (Å²) in [7, 11) is 0. The number of aromatic nitrogens is 1. The molecule has 1 aromatic heterocycles. The summed E-state index contributed by atoms with van der Waals surface area (Å²) in [6.45, 7) is 0.237. The highest BCUT2D eigenvalue weighted by atomic mass is 16.5. The van der Waals surface area contributed by atoms with E-state index in [-0.39, 0.29) is 24.3 Å². The Morgan fingerprint density at radius 1 is 1.67 bits per heavy atom. The van der Waals surface area contributed by atoms with Crippen LogP contribution in [-0.4, -0.2) is 22.8 Å². The highest BCUT2D eigenvalue weighted by molar-refractivity contribution is 5.88. The average Bonchev–Trinajstić information content (AvgIpc) is 2.32. The van der Waals surface area contributed by atoms with Crippen molar-refractivity contribution in [3.63, 3.8) is 0 Å². The number of aromatic carboxylic acids is 1. The fourth-order valence-electron chi connectivity index (χ4n) is 0.860. The van der Waals surface area contributed by atoms with Gasteiger partial charge in [0.25, 0.3) is 5.56 Å². The smallest absolute Gasteiger partial charge is 0.345 e. The van der Waals surface area contributed by atoms with Gasteiger partial charge in [0, 0.05) is 6.42 Å². The minimum atomic E-state index is -1.30. The van der Waals surface area contributed by atoms with Crippen LogP contribution in [0.2, 0.25) is 0 Å². The van der Waals surface area contributed by atoms with Crippen LogP contribution in [-0.2, 0) is 6.42 Å². The molecule has 0 atom stereocenters. The second-order valence-electron chi connectivity index (χ2n) is 2.18. The molecule has 0 fully saturated rings. The maximum absolute atomic E-state index is 10.8. The van der Waals surface area contributed by atoms with E-state index in [1.54, 1.807) is 0 Å². The van der Waals surface area contributed by atoms with Crippen LogP contribution in [0.3, 0.4) is 0 Å². The predicted molar refractivity (Wildman–Crippen MR) is 39.0 cm³/mol. The van der Waals surface area contributed by atoms with Crippen molar-refractivity contribution in [1.29, 1.82) is 0 Å². The molecule has 0 amide bonds. The van der Waals surface area contributed by atoms with Crippen LogP contribution in [0.1, 0.15) is 16.1 Å². The molecule has 0 spiro atoms. The molecule has 6 nitrogen and oxygen atoms in total. The lowest BCUT2D eigenvalue weighted by molar-refractivity contribution is 0.0693. The van der Waals surface area contributed by atoms with Gasteiger partial charge >= 0.3 is 5.97 Å². The normalized spacial score (nSPS) is 10.1. The third-order valence-corrected chi connectivity index (χ3v) is 1.36. The molecule has 6 heteroatoms. The zero-order chi connectivity index (χ0) is 9.14. The lowest BCUT2D eigenvalue weighted by atomic mass is 10.2. The number of carbonyl (C=O) groups is 1. The first-order chi connectivity index (χ1) is 5.66. The molecule has 0 bridgehead atoms.